The van der Waals surface area contributed by atoms with Gasteiger partial charge in [0.05, 0.1) is 22.1 Å². The van der Waals surface area contributed by atoms with Crippen LogP contribution in [0, 0.1) is 13.8 Å². The zero-order chi connectivity index (χ0) is 19.2. The smallest absolute Gasteiger partial charge is 0.252 e. The maximum Gasteiger partial charge on any atom is 0.252 e. The first-order valence-electron chi connectivity index (χ1n) is 8.96. The average molecular weight is 386 g/mol. The summed E-state index contributed by atoms with van der Waals surface area (Å²) in [6.45, 7) is 4.06. The molecule has 2 aromatic heterocycles. The molecule has 0 aliphatic heterocycles. The third kappa shape index (κ3) is 2.91. The van der Waals surface area contributed by atoms with Crippen LogP contribution in [0.1, 0.15) is 50.8 Å². The van der Waals surface area contributed by atoms with Crippen LogP contribution in [0.25, 0.3) is 11.0 Å². The Balaban J connectivity index is 1.87. The molecule has 1 fully saturated rings. The Labute approximate surface area is 161 Å². The molecule has 2 heterocycles. The number of primary amides is 1. The number of hydrogen-bond donors (Lipinski definition) is 2. The molecule has 4 rings (SSSR count). The summed E-state index contributed by atoms with van der Waals surface area (Å²) < 4.78 is 11.9. The van der Waals surface area contributed by atoms with Gasteiger partial charge < -0.3 is 20.0 Å². The summed E-state index contributed by atoms with van der Waals surface area (Å²) in [7, 11) is 0. The van der Waals surface area contributed by atoms with Crippen LogP contribution in [0.2, 0.25) is 0 Å². The van der Waals surface area contributed by atoms with E-state index in [9.17, 15) is 9.90 Å². The Morgan fingerprint density at radius 2 is 2.19 bits per heavy atom. The van der Waals surface area contributed by atoms with Gasteiger partial charge in [-0.15, -0.1) is 11.3 Å². The van der Waals surface area contributed by atoms with Crippen molar-refractivity contribution in [1.29, 1.82) is 0 Å². The van der Waals surface area contributed by atoms with Crippen LogP contribution in [0.4, 0.5) is 0 Å². The first kappa shape index (κ1) is 18.0. The molecule has 1 aliphatic rings. The first-order valence-corrected chi connectivity index (χ1v) is 9.78. The second-order valence-electron chi connectivity index (χ2n) is 7.14. The molecule has 0 unspecified atom stereocenters. The van der Waals surface area contributed by atoms with Crippen molar-refractivity contribution in [3.05, 3.63) is 45.1 Å². The minimum absolute atomic E-state index is 0.00936. The number of ether oxygens (including phenoxy) is 1. The number of benzene rings is 1. The Hall–Kier alpha value is -2.38. The van der Waals surface area contributed by atoms with Crippen molar-refractivity contribution < 1.29 is 19.1 Å². The maximum atomic E-state index is 12.1. The normalized spacial score (nSPS) is 15.7. The fourth-order valence-corrected chi connectivity index (χ4v) is 4.65. The Morgan fingerprint density at radius 3 is 2.74 bits per heavy atom. The highest BCUT2D eigenvalue weighted by Crippen LogP contribution is 2.51. The molecule has 1 amide bonds. The molecular formula is C20H22N2O4S. The summed E-state index contributed by atoms with van der Waals surface area (Å²) in [6.07, 6.45) is 4.50. The zero-order valence-electron chi connectivity index (χ0n) is 15.4. The fraction of sp³-hybridized carbons (Fsp3) is 0.400. The molecule has 7 heteroatoms. The number of carbonyl (C=O) groups excluding carboxylic acids is 1. The summed E-state index contributed by atoms with van der Waals surface area (Å²) in [6, 6.07) is 3.66. The molecule has 1 saturated carbocycles. The van der Waals surface area contributed by atoms with E-state index in [-0.39, 0.29) is 6.61 Å². The minimum atomic E-state index is -0.532. The number of furan rings is 1. The average Bonchev–Trinajstić information content (AvgIpc) is 3.15. The van der Waals surface area contributed by atoms with Crippen molar-refractivity contribution in [2.45, 2.75) is 45.1 Å². The lowest BCUT2D eigenvalue weighted by molar-refractivity contribution is 0.0999. The van der Waals surface area contributed by atoms with Gasteiger partial charge in [-0.1, -0.05) is 6.42 Å². The molecule has 142 valence electrons. The molecule has 3 aromatic rings. The lowest BCUT2D eigenvalue weighted by Crippen LogP contribution is -2.38. The summed E-state index contributed by atoms with van der Waals surface area (Å²) in [5, 5.41) is 11.8. The topological polar surface area (TPSA) is 98.6 Å². The summed E-state index contributed by atoms with van der Waals surface area (Å²) in [5.41, 5.74) is 7.02. The fourth-order valence-electron chi connectivity index (χ4n) is 3.94. The lowest BCUT2D eigenvalue weighted by Gasteiger charge is -2.42. The van der Waals surface area contributed by atoms with Gasteiger partial charge in [0.15, 0.2) is 0 Å². The molecule has 6 nitrogen and oxygen atoms in total. The SMILES string of the molecule is Cc1ncc(COc2ccc3oc(C)c(C(N)=O)c3c2C2(CO)CCC2)s1. The van der Waals surface area contributed by atoms with E-state index in [4.69, 9.17) is 14.9 Å². The van der Waals surface area contributed by atoms with Crippen molar-refractivity contribution in [1.82, 2.24) is 4.98 Å². The van der Waals surface area contributed by atoms with Gasteiger partial charge in [0.25, 0.3) is 5.91 Å². The lowest BCUT2D eigenvalue weighted by atomic mass is 9.63. The first-order chi connectivity index (χ1) is 12.9. The standard InChI is InChI=1S/C20H22N2O4S/c1-11-16(19(21)24)17-14(26-11)4-5-15(18(17)20(10-23)6-3-7-20)25-9-13-8-22-12(2)27-13/h4-5,8,23H,3,6-7,9-10H2,1-2H3,(H2,21,24). The molecule has 27 heavy (non-hydrogen) atoms. The second kappa shape index (κ2) is 6.65. The number of nitrogens with two attached hydrogens (primary N) is 1. The molecular weight excluding hydrogens is 364 g/mol. The zero-order valence-corrected chi connectivity index (χ0v) is 16.2. The number of aromatic nitrogens is 1. The molecule has 3 N–H and O–H groups in total. The van der Waals surface area contributed by atoms with Crippen LogP contribution in [-0.2, 0) is 12.0 Å². The van der Waals surface area contributed by atoms with Gasteiger partial charge >= 0.3 is 0 Å². The van der Waals surface area contributed by atoms with Crippen LogP contribution in [-0.4, -0.2) is 22.6 Å². The van der Waals surface area contributed by atoms with Gasteiger partial charge in [-0.3, -0.25) is 4.79 Å². The van der Waals surface area contributed by atoms with Crippen LogP contribution < -0.4 is 10.5 Å². The second-order valence-corrected chi connectivity index (χ2v) is 8.45. The Bertz CT molecular complexity index is 1010. The van der Waals surface area contributed by atoms with E-state index >= 15 is 0 Å². The van der Waals surface area contributed by atoms with E-state index in [1.54, 1.807) is 30.5 Å². The van der Waals surface area contributed by atoms with Gasteiger partial charge in [-0.25, -0.2) is 4.98 Å². The van der Waals surface area contributed by atoms with E-state index in [0.29, 0.717) is 34.6 Å². The van der Waals surface area contributed by atoms with Gasteiger partial charge in [0, 0.05) is 22.6 Å². The van der Waals surface area contributed by atoms with Crippen molar-refractivity contribution in [3.8, 4) is 5.75 Å². The van der Waals surface area contributed by atoms with E-state index < -0.39 is 11.3 Å². The number of fused-ring (bicyclic) bond motifs is 1. The predicted molar refractivity (Wildman–Crippen MR) is 103 cm³/mol. The maximum absolute atomic E-state index is 12.1. The van der Waals surface area contributed by atoms with Crippen molar-refractivity contribution in [2.24, 2.45) is 5.73 Å². The highest BCUT2D eigenvalue weighted by atomic mass is 32.1. The van der Waals surface area contributed by atoms with E-state index in [1.165, 1.54) is 0 Å². The van der Waals surface area contributed by atoms with E-state index in [1.807, 2.05) is 13.0 Å². The molecule has 0 saturated heterocycles. The highest BCUT2D eigenvalue weighted by Gasteiger charge is 2.43. The quantitative estimate of drug-likeness (QED) is 0.674. The Kier molecular flexibility index (Phi) is 4.44. The number of thiazole rings is 1. The molecule has 0 atom stereocenters. The van der Waals surface area contributed by atoms with Gasteiger partial charge in [0.2, 0.25) is 0 Å². The Morgan fingerprint density at radius 1 is 1.41 bits per heavy atom. The van der Waals surface area contributed by atoms with Gasteiger partial charge in [0.1, 0.15) is 23.7 Å². The third-order valence-electron chi connectivity index (χ3n) is 5.42. The van der Waals surface area contributed by atoms with Crippen molar-refractivity contribution in [3.63, 3.8) is 0 Å². The highest BCUT2D eigenvalue weighted by molar-refractivity contribution is 7.11. The third-order valence-corrected chi connectivity index (χ3v) is 6.31. The number of amides is 1. The largest absolute Gasteiger partial charge is 0.488 e. The number of hydrogen-bond acceptors (Lipinski definition) is 6. The number of aliphatic hydroxyl groups excluding tert-OH is 1. The van der Waals surface area contributed by atoms with E-state index in [0.717, 1.165) is 34.7 Å². The molecule has 1 aromatic carbocycles. The molecule has 0 radical (unpaired) electrons. The van der Waals surface area contributed by atoms with Crippen LogP contribution >= 0.6 is 11.3 Å². The monoisotopic (exact) mass is 386 g/mol. The van der Waals surface area contributed by atoms with Crippen LogP contribution in [0.5, 0.6) is 5.75 Å². The van der Waals surface area contributed by atoms with Crippen LogP contribution in [0.15, 0.2) is 22.7 Å². The summed E-state index contributed by atoms with van der Waals surface area (Å²) in [4.78, 5) is 17.4. The minimum Gasteiger partial charge on any atom is -0.488 e. The number of aryl methyl sites for hydroxylation is 2. The van der Waals surface area contributed by atoms with Gasteiger partial charge in [-0.2, -0.15) is 0 Å². The van der Waals surface area contributed by atoms with Crippen molar-refractivity contribution in [2.75, 3.05) is 6.61 Å². The number of carbonyl (C=O) groups is 1. The van der Waals surface area contributed by atoms with Crippen LogP contribution in [0.3, 0.4) is 0 Å². The number of nitrogens with zero attached hydrogens (tertiary/aromatic N) is 1. The summed E-state index contributed by atoms with van der Waals surface area (Å²) in [5.74, 6) is 0.613. The molecule has 1 aliphatic carbocycles. The molecule has 0 spiro atoms. The van der Waals surface area contributed by atoms with Crippen molar-refractivity contribution >= 4 is 28.2 Å². The number of aliphatic hydroxyl groups is 1. The predicted octanol–water partition coefficient (Wildman–Crippen LogP) is 3.60. The molecule has 0 bridgehead atoms. The summed E-state index contributed by atoms with van der Waals surface area (Å²) >= 11 is 1.58. The number of rotatable bonds is 6. The van der Waals surface area contributed by atoms with Gasteiger partial charge in [-0.05, 0) is 38.8 Å². The van der Waals surface area contributed by atoms with E-state index in [2.05, 4.69) is 4.98 Å².